The summed E-state index contributed by atoms with van der Waals surface area (Å²) in [7, 11) is 0. The Morgan fingerprint density at radius 1 is 1.33 bits per heavy atom. The minimum Gasteiger partial charge on any atom is -0.352 e. The van der Waals surface area contributed by atoms with Crippen LogP contribution < -0.4 is 11.1 Å². The maximum Gasteiger partial charge on any atom is 0.449 e. The van der Waals surface area contributed by atoms with Gasteiger partial charge in [0, 0.05) is 24.2 Å². The number of nitrogens with zero attached hydrogens (tertiary/aromatic N) is 2. The minimum absolute atomic E-state index is 0.0381. The molecule has 0 aliphatic rings. The van der Waals surface area contributed by atoms with Crippen LogP contribution in [0.25, 0.3) is 11.0 Å². The number of imidazole rings is 1. The first-order chi connectivity index (χ1) is 11.1. The van der Waals surface area contributed by atoms with E-state index >= 15 is 0 Å². The van der Waals surface area contributed by atoms with Crippen molar-refractivity contribution in [3.05, 3.63) is 29.6 Å². The van der Waals surface area contributed by atoms with Crippen molar-refractivity contribution in [2.24, 2.45) is 5.73 Å². The van der Waals surface area contributed by atoms with Gasteiger partial charge in [-0.1, -0.05) is 0 Å². The Morgan fingerprint density at radius 3 is 2.54 bits per heavy atom. The van der Waals surface area contributed by atoms with Crippen LogP contribution in [-0.2, 0) is 6.18 Å². The predicted octanol–water partition coefficient (Wildman–Crippen LogP) is 3.10. The normalized spacial score (nSPS) is 13.5. The van der Waals surface area contributed by atoms with Crippen LogP contribution in [-0.4, -0.2) is 28.0 Å². The fourth-order valence-electron chi connectivity index (χ4n) is 2.48. The SMILES string of the molecule is CC(N)CCNC(=O)c1ccc2c(c1)nc(C(F)(F)F)n2C(C)C. The molecule has 0 radical (unpaired) electrons. The van der Waals surface area contributed by atoms with E-state index in [9.17, 15) is 18.0 Å². The molecule has 24 heavy (non-hydrogen) atoms. The molecule has 0 saturated carbocycles. The number of aromatic nitrogens is 2. The van der Waals surface area contributed by atoms with Gasteiger partial charge in [-0.3, -0.25) is 4.79 Å². The predicted molar refractivity (Wildman–Crippen MR) is 85.7 cm³/mol. The molecule has 0 spiro atoms. The average molecular weight is 342 g/mol. The zero-order chi connectivity index (χ0) is 18.1. The summed E-state index contributed by atoms with van der Waals surface area (Å²) in [6, 6.07) is 3.94. The number of benzene rings is 1. The number of hydrogen-bond acceptors (Lipinski definition) is 3. The molecule has 0 aliphatic carbocycles. The van der Waals surface area contributed by atoms with Gasteiger partial charge >= 0.3 is 6.18 Å². The number of alkyl halides is 3. The highest BCUT2D eigenvalue weighted by molar-refractivity contribution is 5.97. The number of carbonyl (C=O) groups is 1. The van der Waals surface area contributed by atoms with E-state index < -0.39 is 18.0 Å². The van der Waals surface area contributed by atoms with Crippen LogP contribution in [0.5, 0.6) is 0 Å². The van der Waals surface area contributed by atoms with Gasteiger partial charge in [0.1, 0.15) is 0 Å². The zero-order valence-electron chi connectivity index (χ0n) is 13.8. The van der Waals surface area contributed by atoms with Gasteiger partial charge in [0.05, 0.1) is 11.0 Å². The molecule has 1 aromatic heterocycles. The second-order valence-electron chi connectivity index (χ2n) is 6.12. The molecule has 1 amide bonds. The smallest absolute Gasteiger partial charge is 0.352 e. The van der Waals surface area contributed by atoms with Crippen LogP contribution in [0.1, 0.15) is 49.4 Å². The van der Waals surface area contributed by atoms with Crippen LogP contribution in [0.3, 0.4) is 0 Å². The van der Waals surface area contributed by atoms with Crippen molar-refractivity contribution in [1.29, 1.82) is 0 Å². The van der Waals surface area contributed by atoms with Gasteiger partial charge < -0.3 is 15.6 Å². The summed E-state index contributed by atoms with van der Waals surface area (Å²) in [5.41, 5.74) is 6.38. The lowest BCUT2D eigenvalue weighted by Crippen LogP contribution is -2.28. The van der Waals surface area contributed by atoms with Crippen molar-refractivity contribution in [3.63, 3.8) is 0 Å². The molecule has 0 aliphatic heterocycles. The molecule has 1 unspecified atom stereocenters. The van der Waals surface area contributed by atoms with Crippen LogP contribution in [0.15, 0.2) is 18.2 Å². The third-order valence-electron chi connectivity index (χ3n) is 3.61. The lowest BCUT2D eigenvalue weighted by molar-refractivity contribution is -0.147. The summed E-state index contributed by atoms with van der Waals surface area (Å²) in [6.07, 6.45) is -3.93. The summed E-state index contributed by atoms with van der Waals surface area (Å²) < 4.78 is 40.7. The number of nitrogens with one attached hydrogen (secondary N) is 1. The van der Waals surface area contributed by atoms with Gasteiger partial charge in [0.15, 0.2) is 0 Å². The highest BCUT2D eigenvalue weighted by atomic mass is 19.4. The molecule has 1 aromatic carbocycles. The molecule has 1 heterocycles. The molecule has 2 aromatic rings. The fraction of sp³-hybridized carbons (Fsp3) is 0.500. The molecule has 0 saturated heterocycles. The molecule has 2 rings (SSSR count). The van der Waals surface area contributed by atoms with Gasteiger partial charge in [-0.25, -0.2) is 4.98 Å². The van der Waals surface area contributed by atoms with Crippen molar-refractivity contribution >= 4 is 16.9 Å². The van der Waals surface area contributed by atoms with Crippen molar-refractivity contribution in [2.75, 3.05) is 6.54 Å². The number of halogens is 3. The third kappa shape index (κ3) is 3.87. The van der Waals surface area contributed by atoms with Gasteiger partial charge in [0.2, 0.25) is 5.82 Å². The maximum absolute atomic E-state index is 13.2. The largest absolute Gasteiger partial charge is 0.449 e. The second kappa shape index (κ2) is 6.80. The monoisotopic (exact) mass is 342 g/mol. The average Bonchev–Trinajstić information content (AvgIpc) is 2.85. The van der Waals surface area contributed by atoms with Gasteiger partial charge in [-0.15, -0.1) is 0 Å². The lowest BCUT2D eigenvalue weighted by atomic mass is 10.1. The Bertz CT molecular complexity index is 735. The number of rotatable bonds is 5. The first-order valence-electron chi connectivity index (χ1n) is 7.74. The quantitative estimate of drug-likeness (QED) is 0.877. The van der Waals surface area contributed by atoms with Crippen LogP contribution in [0.4, 0.5) is 13.2 Å². The number of hydrogen-bond donors (Lipinski definition) is 2. The standard InChI is InChI=1S/C16H21F3N4O/c1-9(2)23-13-5-4-11(14(24)21-7-6-10(3)20)8-12(13)22-15(23)16(17,18)19/h4-5,8-10H,6-7,20H2,1-3H3,(H,21,24). The Morgan fingerprint density at radius 2 is 2.00 bits per heavy atom. The number of carbonyl (C=O) groups excluding carboxylic acids is 1. The van der Waals surface area contributed by atoms with Crippen molar-refractivity contribution < 1.29 is 18.0 Å². The molecule has 3 N–H and O–H groups in total. The van der Waals surface area contributed by atoms with E-state index in [1.165, 1.54) is 18.2 Å². The van der Waals surface area contributed by atoms with E-state index in [1.807, 2.05) is 6.92 Å². The van der Waals surface area contributed by atoms with E-state index in [0.717, 1.165) is 4.57 Å². The highest BCUT2D eigenvalue weighted by Gasteiger charge is 2.38. The summed E-state index contributed by atoms with van der Waals surface area (Å²) in [6.45, 7) is 5.55. The number of nitrogens with two attached hydrogens (primary N) is 1. The Hall–Kier alpha value is -2.09. The summed E-state index contributed by atoms with van der Waals surface area (Å²) in [5, 5.41) is 2.69. The number of amides is 1. The van der Waals surface area contributed by atoms with Crippen molar-refractivity contribution in [1.82, 2.24) is 14.9 Å². The van der Waals surface area contributed by atoms with E-state index in [4.69, 9.17) is 5.73 Å². The zero-order valence-corrected chi connectivity index (χ0v) is 13.8. The Balaban J connectivity index is 2.36. The summed E-state index contributed by atoms with van der Waals surface area (Å²) >= 11 is 0. The first-order valence-corrected chi connectivity index (χ1v) is 7.74. The molecule has 132 valence electrons. The second-order valence-corrected chi connectivity index (χ2v) is 6.12. The molecular weight excluding hydrogens is 321 g/mol. The first kappa shape index (κ1) is 18.3. The molecule has 0 fully saturated rings. The third-order valence-corrected chi connectivity index (χ3v) is 3.61. The van der Waals surface area contributed by atoms with E-state index in [0.29, 0.717) is 18.5 Å². The minimum atomic E-state index is -4.55. The highest BCUT2D eigenvalue weighted by Crippen LogP contribution is 2.33. The van der Waals surface area contributed by atoms with Gasteiger partial charge in [-0.05, 0) is 45.4 Å². The van der Waals surface area contributed by atoms with Gasteiger partial charge in [0.25, 0.3) is 5.91 Å². The Kier molecular flexibility index (Phi) is 5.17. The Labute approximate surface area is 138 Å². The fourth-order valence-corrected chi connectivity index (χ4v) is 2.48. The lowest BCUT2D eigenvalue weighted by Gasteiger charge is -2.14. The maximum atomic E-state index is 13.2. The van der Waals surface area contributed by atoms with Gasteiger partial charge in [-0.2, -0.15) is 13.2 Å². The molecule has 5 nitrogen and oxygen atoms in total. The van der Waals surface area contributed by atoms with Crippen molar-refractivity contribution in [2.45, 2.75) is 45.5 Å². The van der Waals surface area contributed by atoms with E-state index in [2.05, 4.69) is 10.3 Å². The number of fused-ring (bicyclic) bond motifs is 1. The van der Waals surface area contributed by atoms with Crippen LogP contribution in [0.2, 0.25) is 0 Å². The molecule has 0 bridgehead atoms. The van der Waals surface area contributed by atoms with E-state index in [-0.39, 0.29) is 23.0 Å². The molecule has 8 heteroatoms. The van der Waals surface area contributed by atoms with Crippen LogP contribution >= 0.6 is 0 Å². The molecule has 1 atom stereocenters. The molecular formula is C16H21F3N4O. The van der Waals surface area contributed by atoms with Crippen LogP contribution in [0, 0.1) is 0 Å². The van der Waals surface area contributed by atoms with Crippen molar-refractivity contribution in [3.8, 4) is 0 Å². The van der Waals surface area contributed by atoms with E-state index in [1.54, 1.807) is 13.8 Å². The summed E-state index contributed by atoms with van der Waals surface area (Å²) in [4.78, 5) is 15.8. The topological polar surface area (TPSA) is 72.9 Å². The summed E-state index contributed by atoms with van der Waals surface area (Å²) in [5.74, 6) is -1.31.